The van der Waals surface area contributed by atoms with Gasteiger partial charge in [-0.15, -0.1) is 0 Å². The second-order valence-corrected chi connectivity index (χ2v) is 14.1. The van der Waals surface area contributed by atoms with Crippen LogP contribution < -0.4 is 9.64 Å². The minimum absolute atomic E-state index is 0.0703. The Morgan fingerprint density at radius 2 is 1.68 bits per heavy atom. The van der Waals surface area contributed by atoms with Gasteiger partial charge in [-0.25, -0.2) is 14.8 Å². The highest BCUT2D eigenvalue weighted by molar-refractivity contribution is 5.94. The topological polar surface area (TPSA) is 111 Å². The molecule has 0 aromatic carbocycles. The molecule has 0 atom stereocenters. The number of ether oxygens (including phenoxy) is 2. The number of rotatable bonds is 10. The highest BCUT2D eigenvalue weighted by Gasteiger charge is 2.35. The second-order valence-electron chi connectivity index (χ2n) is 14.1. The first kappa shape index (κ1) is 31.6. The molecule has 0 radical (unpaired) electrons. The zero-order chi connectivity index (χ0) is 32.3. The summed E-state index contributed by atoms with van der Waals surface area (Å²) >= 11 is 0. The lowest BCUT2D eigenvalue weighted by atomic mass is 9.79. The van der Waals surface area contributed by atoms with E-state index in [1.54, 1.807) is 24.5 Å². The molecule has 4 aliphatic rings. The van der Waals surface area contributed by atoms with Crippen molar-refractivity contribution in [3.05, 3.63) is 54.0 Å². The van der Waals surface area contributed by atoms with Gasteiger partial charge in [-0.3, -0.25) is 14.7 Å². The Labute approximate surface area is 277 Å². The van der Waals surface area contributed by atoms with Crippen LogP contribution in [0.2, 0.25) is 0 Å². The van der Waals surface area contributed by atoms with Crippen molar-refractivity contribution in [2.45, 2.75) is 89.4 Å². The third-order valence-corrected chi connectivity index (χ3v) is 10.8. The maximum atomic E-state index is 14.4. The largest absolute Gasteiger partial charge is 0.495 e. The Balaban J connectivity index is 1.03. The van der Waals surface area contributed by atoms with Crippen molar-refractivity contribution in [2.24, 2.45) is 17.8 Å². The maximum Gasteiger partial charge on any atom is 0.409 e. The van der Waals surface area contributed by atoms with Gasteiger partial charge >= 0.3 is 6.09 Å². The number of aromatic nitrogens is 3. The van der Waals surface area contributed by atoms with Crippen molar-refractivity contribution in [1.82, 2.24) is 19.9 Å². The van der Waals surface area contributed by atoms with Crippen LogP contribution in [0, 0.1) is 24.7 Å². The van der Waals surface area contributed by atoms with E-state index in [1.165, 1.54) is 0 Å². The molecular weight excluding hydrogens is 594 g/mol. The fourth-order valence-electron chi connectivity index (χ4n) is 7.45. The van der Waals surface area contributed by atoms with Gasteiger partial charge in [0.05, 0.1) is 19.4 Å². The van der Waals surface area contributed by atoms with Gasteiger partial charge in [0.25, 0.3) is 0 Å². The maximum absolute atomic E-state index is 14.4. The number of carbonyl (C=O) groups is 2. The molecule has 4 fully saturated rings. The molecule has 3 aromatic rings. The molecule has 0 N–H and O–H groups in total. The minimum atomic E-state index is -0.199. The van der Waals surface area contributed by atoms with Crippen LogP contribution in [-0.4, -0.2) is 65.2 Å². The third-order valence-electron chi connectivity index (χ3n) is 10.8. The van der Waals surface area contributed by atoms with E-state index >= 15 is 0 Å². The van der Waals surface area contributed by atoms with E-state index < -0.39 is 0 Å². The molecule has 47 heavy (non-hydrogen) atoms. The first-order valence-corrected chi connectivity index (χ1v) is 17.6. The van der Waals surface area contributed by atoms with Crippen molar-refractivity contribution < 1.29 is 23.5 Å². The average molecular weight is 642 g/mol. The van der Waals surface area contributed by atoms with Crippen LogP contribution in [0.4, 0.5) is 10.6 Å². The first-order chi connectivity index (χ1) is 22.9. The number of pyridine rings is 2. The lowest BCUT2D eigenvalue weighted by Gasteiger charge is -2.36. The number of likely N-dealkylation sites (tertiary alicyclic amines) is 1. The van der Waals surface area contributed by atoms with E-state index in [9.17, 15) is 9.59 Å². The molecular formula is C37H47N5O5. The summed E-state index contributed by atoms with van der Waals surface area (Å²) in [5, 5.41) is 0. The fourth-order valence-corrected chi connectivity index (χ4v) is 7.45. The molecule has 3 saturated carbocycles. The predicted octanol–water partition coefficient (Wildman–Crippen LogP) is 7.28. The lowest BCUT2D eigenvalue weighted by Crippen LogP contribution is -2.43. The van der Waals surface area contributed by atoms with Gasteiger partial charge in [0.2, 0.25) is 5.91 Å². The van der Waals surface area contributed by atoms with Gasteiger partial charge in [-0.05, 0) is 114 Å². The zero-order valence-electron chi connectivity index (χ0n) is 27.7. The summed E-state index contributed by atoms with van der Waals surface area (Å²) in [4.78, 5) is 44.6. The van der Waals surface area contributed by atoms with Crippen LogP contribution in [0.25, 0.3) is 11.3 Å². The number of oxazole rings is 1. The average Bonchev–Trinajstić information content (AvgIpc) is 3.81. The van der Waals surface area contributed by atoms with Crippen molar-refractivity contribution >= 4 is 17.8 Å². The summed E-state index contributed by atoms with van der Waals surface area (Å²) in [6, 6.07) is 8.07. The normalized spacial score (nSPS) is 24.3. The molecule has 10 nitrogen and oxygen atoms in total. The highest BCUT2D eigenvalue weighted by Crippen LogP contribution is 2.41. The van der Waals surface area contributed by atoms with Crippen molar-refractivity contribution in [1.29, 1.82) is 0 Å². The fraction of sp³-hybridized carbons (Fsp3) is 0.595. The number of hydrogen-bond acceptors (Lipinski definition) is 8. The second kappa shape index (κ2) is 14.0. The van der Waals surface area contributed by atoms with Crippen molar-refractivity contribution in [2.75, 3.05) is 38.3 Å². The molecule has 0 unspecified atom stereocenters. The Hall–Kier alpha value is -3.95. The molecule has 3 aliphatic carbocycles. The Bertz CT molecular complexity index is 1550. The van der Waals surface area contributed by atoms with Gasteiger partial charge in [-0.1, -0.05) is 0 Å². The van der Waals surface area contributed by atoms with E-state index in [4.69, 9.17) is 28.8 Å². The summed E-state index contributed by atoms with van der Waals surface area (Å²) in [6.07, 6.45) is 14.1. The molecule has 0 bridgehead atoms. The highest BCUT2D eigenvalue weighted by atomic mass is 16.6. The molecule has 10 heteroatoms. The quantitative estimate of drug-likeness (QED) is 0.227. The molecule has 1 aliphatic heterocycles. The van der Waals surface area contributed by atoms with E-state index in [1.807, 2.05) is 30.0 Å². The number of hydrogen-bond donors (Lipinski definition) is 0. The molecule has 7 rings (SSSR count). The van der Waals surface area contributed by atoms with Crippen LogP contribution >= 0.6 is 0 Å². The number of nitrogens with zero attached hydrogens (tertiary/aromatic N) is 5. The third kappa shape index (κ3) is 7.31. The Morgan fingerprint density at radius 3 is 2.36 bits per heavy atom. The van der Waals surface area contributed by atoms with Gasteiger partial charge in [0, 0.05) is 54.8 Å². The van der Waals surface area contributed by atoms with Crippen LogP contribution in [0.5, 0.6) is 5.75 Å². The van der Waals surface area contributed by atoms with Gasteiger partial charge in [-0.2, -0.15) is 0 Å². The monoisotopic (exact) mass is 641 g/mol. The first-order valence-electron chi connectivity index (χ1n) is 17.6. The van der Waals surface area contributed by atoms with Crippen LogP contribution in [0.3, 0.4) is 0 Å². The molecule has 250 valence electrons. The van der Waals surface area contributed by atoms with Crippen molar-refractivity contribution in [3.63, 3.8) is 0 Å². The number of carbonyl (C=O) groups excluding carboxylic acids is 2. The Kier molecular flexibility index (Phi) is 9.45. The molecule has 2 amide bonds. The summed E-state index contributed by atoms with van der Waals surface area (Å²) < 4.78 is 16.8. The smallest absolute Gasteiger partial charge is 0.409 e. The summed E-state index contributed by atoms with van der Waals surface area (Å²) in [5.74, 6) is 3.92. The predicted molar refractivity (Wildman–Crippen MR) is 177 cm³/mol. The van der Waals surface area contributed by atoms with E-state index in [0.717, 1.165) is 118 Å². The summed E-state index contributed by atoms with van der Waals surface area (Å²) in [7, 11) is 1.68. The number of anilines is 1. The van der Waals surface area contributed by atoms with Crippen LogP contribution in [0.15, 0.2) is 41.1 Å². The Morgan fingerprint density at radius 1 is 0.936 bits per heavy atom. The minimum Gasteiger partial charge on any atom is -0.495 e. The van der Waals surface area contributed by atoms with E-state index in [0.29, 0.717) is 42.6 Å². The zero-order valence-corrected chi connectivity index (χ0v) is 27.7. The van der Waals surface area contributed by atoms with Crippen molar-refractivity contribution in [3.8, 4) is 17.0 Å². The molecule has 0 spiro atoms. The number of aryl methyl sites for hydroxylation is 1. The number of amides is 2. The van der Waals surface area contributed by atoms with Crippen LogP contribution in [0.1, 0.15) is 99.7 Å². The lowest BCUT2D eigenvalue weighted by molar-refractivity contribution is -0.124. The number of methoxy groups -OCH3 is 1. The van der Waals surface area contributed by atoms with E-state index in [2.05, 4.69) is 6.07 Å². The van der Waals surface area contributed by atoms with Gasteiger partial charge in [0.1, 0.15) is 23.5 Å². The van der Waals surface area contributed by atoms with Crippen LogP contribution in [-0.2, 0) is 9.53 Å². The van der Waals surface area contributed by atoms with Gasteiger partial charge < -0.3 is 18.8 Å². The molecule has 4 heterocycles. The van der Waals surface area contributed by atoms with Gasteiger partial charge in [0.15, 0.2) is 5.89 Å². The van der Waals surface area contributed by atoms with E-state index in [-0.39, 0.29) is 17.9 Å². The standard InChI is InChI=1S/C37H47N5O5/c1-24-33(45-2)15-14-31(39-24)27-8-4-25(5-9-27)21-42(34-20-30(16-17-38-34)32-23-46-35(40-32)28-12-13-28)36(43)29-10-6-26(7-11-29)22-47-37(44)41-18-3-19-41/h14-17,20,23,25-29H,3-13,18-19,21-22H2,1-2H3. The molecule has 1 saturated heterocycles. The summed E-state index contributed by atoms with van der Waals surface area (Å²) in [5.41, 5.74) is 3.77. The molecule has 3 aromatic heterocycles. The SMILES string of the molecule is COc1ccc(C2CCC(CN(C(=O)C3CCC(COC(=O)N4CCC4)CC3)c3cc(-c4coc(C5CC5)n4)ccn3)CC2)nc1C. The summed E-state index contributed by atoms with van der Waals surface area (Å²) in [6.45, 7) is 4.68.